The van der Waals surface area contributed by atoms with Crippen LogP contribution < -0.4 is 5.32 Å². The van der Waals surface area contributed by atoms with Crippen molar-refractivity contribution in [1.82, 2.24) is 0 Å². The highest BCUT2D eigenvalue weighted by atomic mass is 16.1. The zero-order chi connectivity index (χ0) is 11.1. The monoisotopic (exact) mass is 212 g/mol. The van der Waals surface area contributed by atoms with Gasteiger partial charge in [0.2, 0.25) is 5.78 Å². The van der Waals surface area contributed by atoms with Crippen molar-refractivity contribution in [1.29, 1.82) is 0 Å². The van der Waals surface area contributed by atoms with E-state index in [4.69, 9.17) is 0 Å². The summed E-state index contributed by atoms with van der Waals surface area (Å²) in [4.78, 5) is 16.1. The normalized spacial score (nSPS) is 21.9. The van der Waals surface area contributed by atoms with Gasteiger partial charge >= 0.3 is 0 Å². The Balaban J connectivity index is 2.15. The van der Waals surface area contributed by atoms with Crippen LogP contribution in [0.5, 0.6) is 0 Å². The molecule has 0 aromatic heterocycles. The average molecular weight is 212 g/mol. The van der Waals surface area contributed by atoms with Crippen molar-refractivity contribution in [3.8, 4) is 0 Å². The molecule has 3 heteroatoms. The molecule has 0 spiro atoms. The van der Waals surface area contributed by atoms with Gasteiger partial charge in [0.1, 0.15) is 5.71 Å². The fourth-order valence-electron chi connectivity index (χ4n) is 2.18. The molecule has 3 nitrogen and oxygen atoms in total. The van der Waals surface area contributed by atoms with Gasteiger partial charge in [0.05, 0.1) is 17.4 Å². The number of aliphatic imine (C=N–C) groups is 1. The summed E-state index contributed by atoms with van der Waals surface area (Å²) in [5, 5.41) is 3.39. The molecule has 0 radical (unpaired) electrons. The standard InChI is InChI=1S/C13H12N2O/c1-8-4-2-5-9-12(8)14-10-6-3-7-11(16)13(10)15-9/h2-5,7,10,14H,6H2,1H3. The zero-order valence-corrected chi connectivity index (χ0v) is 9.03. The van der Waals surface area contributed by atoms with E-state index >= 15 is 0 Å². The van der Waals surface area contributed by atoms with Gasteiger partial charge in [0, 0.05) is 0 Å². The fraction of sp³-hybridized carbons (Fsp3) is 0.231. The van der Waals surface area contributed by atoms with E-state index in [1.54, 1.807) is 6.08 Å². The van der Waals surface area contributed by atoms with Crippen LogP contribution in [-0.4, -0.2) is 17.5 Å². The SMILES string of the molecule is Cc1cccc2c1NC1CC=CC(=O)C1=N2. The molecule has 1 aliphatic carbocycles. The number of fused-ring (bicyclic) bond motifs is 2. The number of hydrogen-bond acceptors (Lipinski definition) is 3. The third-order valence-corrected chi connectivity index (χ3v) is 3.03. The Morgan fingerprint density at radius 2 is 2.31 bits per heavy atom. The van der Waals surface area contributed by atoms with E-state index in [-0.39, 0.29) is 11.8 Å². The van der Waals surface area contributed by atoms with Crippen LogP contribution in [0.25, 0.3) is 0 Å². The summed E-state index contributed by atoms with van der Waals surface area (Å²) in [6, 6.07) is 5.99. The minimum atomic E-state index is 0.0240. The summed E-state index contributed by atoms with van der Waals surface area (Å²) in [5.41, 5.74) is 3.73. The second-order valence-electron chi connectivity index (χ2n) is 4.17. The molecule has 3 rings (SSSR count). The summed E-state index contributed by atoms with van der Waals surface area (Å²) >= 11 is 0. The second kappa shape index (κ2) is 3.30. The number of ketones is 1. The number of nitrogens with one attached hydrogen (secondary N) is 1. The average Bonchev–Trinajstić information content (AvgIpc) is 2.29. The van der Waals surface area contributed by atoms with Crippen molar-refractivity contribution in [2.75, 3.05) is 5.32 Å². The lowest BCUT2D eigenvalue weighted by atomic mass is 9.95. The van der Waals surface area contributed by atoms with Gasteiger partial charge in [-0.05, 0) is 31.1 Å². The van der Waals surface area contributed by atoms with Crippen molar-refractivity contribution in [3.63, 3.8) is 0 Å². The molecule has 1 aromatic rings. The van der Waals surface area contributed by atoms with Gasteiger partial charge in [0.25, 0.3) is 0 Å². The first-order valence-corrected chi connectivity index (χ1v) is 5.41. The van der Waals surface area contributed by atoms with Crippen molar-refractivity contribution >= 4 is 22.9 Å². The molecular formula is C13H12N2O. The lowest BCUT2D eigenvalue weighted by Gasteiger charge is -2.28. The van der Waals surface area contributed by atoms with Crippen LogP contribution in [0.4, 0.5) is 11.4 Å². The van der Waals surface area contributed by atoms with Gasteiger partial charge in [-0.15, -0.1) is 0 Å². The molecule has 0 bridgehead atoms. The second-order valence-corrected chi connectivity index (χ2v) is 4.17. The first kappa shape index (κ1) is 9.33. The Kier molecular flexibility index (Phi) is 1.93. The number of carbonyl (C=O) groups is 1. The first-order chi connectivity index (χ1) is 7.75. The number of allylic oxidation sites excluding steroid dienone is 1. The van der Waals surface area contributed by atoms with Crippen molar-refractivity contribution in [2.24, 2.45) is 4.99 Å². The van der Waals surface area contributed by atoms with E-state index < -0.39 is 0 Å². The van der Waals surface area contributed by atoms with Gasteiger partial charge in [-0.3, -0.25) is 4.79 Å². The van der Waals surface area contributed by atoms with Gasteiger partial charge in [-0.25, -0.2) is 4.99 Å². The summed E-state index contributed by atoms with van der Waals surface area (Å²) < 4.78 is 0. The predicted octanol–water partition coefficient (Wildman–Crippen LogP) is 2.39. The Bertz CT molecular complexity index is 529. The van der Waals surface area contributed by atoms with Crippen LogP contribution in [0.2, 0.25) is 0 Å². The van der Waals surface area contributed by atoms with Crippen LogP contribution in [0.3, 0.4) is 0 Å². The van der Waals surface area contributed by atoms with Crippen LogP contribution in [0, 0.1) is 6.92 Å². The molecule has 0 amide bonds. The Morgan fingerprint density at radius 1 is 1.44 bits per heavy atom. The summed E-state index contributed by atoms with van der Waals surface area (Å²) in [7, 11) is 0. The van der Waals surface area contributed by atoms with E-state index in [1.807, 2.05) is 31.2 Å². The molecule has 2 aliphatic rings. The lowest BCUT2D eigenvalue weighted by molar-refractivity contribution is -0.109. The van der Waals surface area contributed by atoms with Crippen LogP contribution in [-0.2, 0) is 4.79 Å². The van der Waals surface area contributed by atoms with Crippen molar-refractivity contribution in [3.05, 3.63) is 35.9 Å². The van der Waals surface area contributed by atoms with Gasteiger partial charge in [0.15, 0.2) is 0 Å². The Labute approximate surface area is 93.9 Å². The number of nitrogens with zero attached hydrogens (tertiary/aromatic N) is 1. The molecular weight excluding hydrogens is 200 g/mol. The lowest BCUT2D eigenvalue weighted by Crippen LogP contribution is -2.38. The number of rotatable bonds is 0. The number of anilines is 1. The molecule has 1 atom stereocenters. The van der Waals surface area contributed by atoms with Gasteiger partial charge < -0.3 is 5.32 Å². The van der Waals surface area contributed by atoms with Crippen LogP contribution in [0.1, 0.15) is 12.0 Å². The van der Waals surface area contributed by atoms with E-state index in [0.717, 1.165) is 17.8 Å². The highest BCUT2D eigenvalue weighted by molar-refractivity contribution is 6.47. The van der Waals surface area contributed by atoms with Crippen LogP contribution in [0.15, 0.2) is 35.3 Å². The van der Waals surface area contributed by atoms with Crippen molar-refractivity contribution < 1.29 is 4.79 Å². The zero-order valence-electron chi connectivity index (χ0n) is 9.03. The highest BCUT2D eigenvalue weighted by Gasteiger charge is 2.28. The highest BCUT2D eigenvalue weighted by Crippen LogP contribution is 2.34. The smallest absolute Gasteiger partial charge is 0.201 e. The maximum atomic E-state index is 11.7. The predicted molar refractivity (Wildman–Crippen MR) is 64.4 cm³/mol. The summed E-state index contributed by atoms with van der Waals surface area (Å²) in [6.45, 7) is 2.05. The quantitative estimate of drug-likeness (QED) is 0.717. The minimum absolute atomic E-state index is 0.0240. The molecule has 1 aromatic carbocycles. The largest absolute Gasteiger partial charge is 0.374 e. The molecule has 80 valence electrons. The Morgan fingerprint density at radius 3 is 3.19 bits per heavy atom. The van der Waals surface area contributed by atoms with Crippen molar-refractivity contribution in [2.45, 2.75) is 19.4 Å². The maximum Gasteiger partial charge on any atom is 0.201 e. The molecule has 0 saturated carbocycles. The van der Waals surface area contributed by atoms with E-state index in [9.17, 15) is 4.79 Å². The topological polar surface area (TPSA) is 41.5 Å². The minimum Gasteiger partial charge on any atom is -0.374 e. The number of benzene rings is 1. The molecule has 0 saturated heterocycles. The van der Waals surface area contributed by atoms with Gasteiger partial charge in [-0.1, -0.05) is 18.2 Å². The van der Waals surface area contributed by atoms with Crippen LogP contribution >= 0.6 is 0 Å². The van der Waals surface area contributed by atoms with Gasteiger partial charge in [-0.2, -0.15) is 0 Å². The molecule has 16 heavy (non-hydrogen) atoms. The third-order valence-electron chi connectivity index (χ3n) is 3.03. The summed E-state index contributed by atoms with van der Waals surface area (Å²) in [5.74, 6) is 0.0240. The number of para-hydroxylation sites is 1. The Hall–Kier alpha value is -1.90. The molecule has 1 N–H and O–H groups in total. The fourth-order valence-corrected chi connectivity index (χ4v) is 2.18. The summed E-state index contributed by atoms with van der Waals surface area (Å²) in [6.07, 6.45) is 4.35. The molecule has 1 heterocycles. The number of aryl methyl sites for hydroxylation is 1. The molecule has 0 fully saturated rings. The number of carbonyl (C=O) groups excluding carboxylic acids is 1. The maximum absolute atomic E-state index is 11.7. The van der Waals surface area contributed by atoms with E-state index in [2.05, 4.69) is 10.3 Å². The van der Waals surface area contributed by atoms with E-state index in [1.165, 1.54) is 5.56 Å². The molecule has 1 aliphatic heterocycles. The first-order valence-electron chi connectivity index (χ1n) is 5.41. The van der Waals surface area contributed by atoms with E-state index in [0.29, 0.717) is 5.71 Å². The number of hydrogen-bond donors (Lipinski definition) is 1. The third kappa shape index (κ3) is 1.28. The molecule has 1 unspecified atom stereocenters.